The number of fused-ring (bicyclic) bond motifs is 35. The highest BCUT2D eigenvalue weighted by Gasteiger charge is 2.55. The second-order valence-electron chi connectivity index (χ2n) is 33.4. The second kappa shape index (κ2) is 25.0. The molecule has 21 aromatic carbocycles. The van der Waals surface area contributed by atoms with Gasteiger partial charge in [0.1, 0.15) is 0 Å². The number of rotatable bonds is 5. The summed E-state index contributed by atoms with van der Waals surface area (Å²) in [6.45, 7) is 0. The first-order chi connectivity index (χ1) is 59.0. The molecule has 0 heterocycles. The summed E-state index contributed by atoms with van der Waals surface area (Å²) in [5.74, 6) is 0. The fourth-order valence-corrected chi connectivity index (χ4v) is 23.1. The Morgan fingerprint density at radius 2 is 0.303 bits per heavy atom. The van der Waals surface area contributed by atoms with Crippen molar-refractivity contribution in [1.29, 1.82) is 0 Å². The van der Waals surface area contributed by atoms with Gasteiger partial charge in [0.15, 0.2) is 0 Å². The van der Waals surface area contributed by atoms with E-state index in [1.165, 1.54) is 243 Å². The van der Waals surface area contributed by atoms with E-state index in [-0.39, 0.29) is 0 Å². The molecule has 119 heavy (non-hydrogen) atoms. The number of hydrogen-bond acceptors (Lipinski definition) is 0. The number of benzene rings is 21. The lowest BCUT2D eigenvalue weighted by Crippen LogP contribution is -2.26. The van der Waals surface area contributed by atoms with Crippen LogP contribution in [0.25, 0.3) is 176 Å². The van der Waals surface area contributed by atoms with Crippen LogP contribution in [-0.2, 0) is 16.2 Å². The van der Waals surface area contributed by atoms with Crippen LogP contribution in [-0.4, -0.2) is 0 Å². The van der Waals surface area contributed by atoms with Crippen molar-refractivity contribution in [2.45, 2.75) is 16.2 Å². The van der Waals surface area contributed by atoms with Gasteiger partial charge < -0.3 is 0 Å². The zero-order chi connectivity index (χ0) is 77.8. The SMILES string of the molecule is c1ccc2c(c1)-c1ccccc1C21c2ccccc2-c2ccc(-c3ccc4c(c3)C3(c5ccccc5-c5ccccc53)c3cc(-c5ccc6c(c5)C5(c7ccccc7-c7ccccc75)c5ccccc5-6)ccc3-4)cc21.c1ccc2cc(-c3ccc4c(-c5ccc6ccccc6c5)c5ccccc5c(-c5ccc6ccccc6c5)c4c3)ccc2c1. The summed E-state index contributed by atoms with van der Waals surface area (Å²) in [7, 11) is 0. The van der Waals surface area contributed by atoms with Crippen LogP contribution in [0.5, 0.6) is 0 Å². The Labute approximate surface area is 691 Å². The van der Waals surface area contributed by atoms with Crippen LogP contribution >= 0.6 is 0 Å². The summed E-state index contributed by atoms with van der Waals surface area (Å²) < 4.78 is 0. The molecule has 0 fully saturated rings. The molecule has 0 saturated heterocycles. The summed E-state index contributed by atoms with van der Waals surface area (Å²) >= 11 is 0. The molecule has 21 aromatic rings. The fraction of sp³-hybridized carbons (Fsp3) is 0.0252. The van der Waals surface area contributed by atoms with Crippen molar-refractivity contribution in [3.63, 3.8) is 0 Å². The van der Waals surface area contributed by atoms with Gasteiger partial charge in [0.2, 0.25) is 0 Å². The molecule has 0 aromatic heterocycles. The molecule has 0 N–H and O–H groups in total. The average Bonchev–Trinajstić information content (AvgIpc) is 1.52. The molecule has 0 heteroatoms. The Bertz CT molecular complexity index is 7600. The van der Waals surface area contributed by atoms with Gasteiger partial charge >= 0.3 is 0 Å². The van der Waals surface area contributed by atoms with Gasteiger partial charge in [-0.25, -0.2) is 0 Å². The molecule has 548 valence electrons. The largest absolute Gasteiger partial charge is 0.0725 e. The van der Waals surface area contributed by atoms with Crippen LogP contribution in [0.2, 0.25) is 0 Å². The van der Waals surface area contributed by atoms with E-state index in [0.717, 1.165) is 0 Å². The van der Waals surface area contributed by atoms with Gasteiger partial charge in [0.05, 0.1) is 16.2 Å². The zero-order valence-corrected chi connectivity index (χ0v) is 65.1. The highest BCUT2D eigenvalue weighted by Crippen LogP contribution is 2.68. The molecule has 0 unspecified atom stereocenters. The second-order valence-corrected chi connectivity index (χ2v) is 33.4. The highest BCUT2D eigenvalue weighted by atomic mass is 14.6. The standard InChI is InChI=1S/C75H44.C44H28/c1-9-25-61-49(17-1)50-18-2-10-26-62(50)73(61)65-29-13-7-23-55(65)57-37-33-45(41-69(57)73)47-35-39-59-60-40-36-48(44-72(60)75(71(59)43-47)67-31-15-5-21-53(67)54-22-6-16-32-68(54)75)46-34-38-58-56-24-8-14-30-66(56)74(70(58)42-46)63-27-11-3-19-51(63)52-20-4-12-28-64(52)74;1-4-12-32-25-35(20-17-29(32)9-1)36-23-24-41-42(28-36)44(38-22-19-31-11-3-6-14-34(31)27-38)40-16-8-7-15-39(40)43(41)37-21-18-30-10-2-5-13-33(30)26-37/h1-44H;1-28H. The Kier molecular flexibility index (Phi) is 13.9. The third-order valence-electron chi connectivity index (χ3n) is 27.9. The maximum Gasteiger partial charge on any atom is 0.0725 e. The normalized spacial score (nSPS) is 13.9. The van der Waals surface area contributed by atoms with Crippen molar-refractivity contribution in [2.24, 2.45) is 0 Å². The molecule has 27 rings (SSSR count). The topological polar surface area (TPSA) is 0 Å². The lowest BCUT2D eigenvalue weighted by molar-refractivity contribution is 0.792. The van der Waals surface area contributed by atoms with Gasteiger partial charge in [-0.1, -0.05) is 388 Å². The minimum Gasteiger partial charge on any atom is -0.0619 e. The lowest BCUT2D eigenvalue weighted by Gasteiger charge is -2.32. The van der Waals surface area contributed by atoms with E-state index < -0.39 is 16.2 Å². The zero-order valence-electron chi connectivity index (χ0n) is 65.1. The van der Waals surface area contributed by atoms with Gasteiger partial charge in [-0.3, -0.25) is 0 Å². The van der Waals surface area contributed by atoms with E-state index in [1.54, 1.807) is 0 Å². The maximum atomic E-state index is 2.56. The molecule has 0 atom stereocenters. The minimum absolute atomic E-state index is 0.409. The third-order valence-corrected chi connectivity index (χ3v) is 27.9. The molecule has 0 nitrogen and oxygen atoms in total. The van der Waals surface area contributed by atoms with Crippen LogP contribution in [0.15, 0.2) is 437 Å². The third kappa shape index (κ3) is 9.02. The first kappa shape index (κ1) is 66.2. The molecular weight excluding hydrogens is 1430 g/mol. The van der Waals surface area contributed by atoms with E-state index in [9.17, 15) is 0 Å². The van der Waals surface area contributed by atoms with Crippen molar-refractivity contribution in [1.82, 2.24) is 0 Å². The van der Waals surface area contributed by atoms with Crippen molar-refractivity contribution >= 4 is 53.9 Å². The van der Waals surface area contributed by atoms with Gasteiger partial charge in [-0.05, 0) is 292 Å². The lowest BCUT2D eigenvalue weighted by atomic mass is 9.69. The van der Waals surface area contributed by atoms with Crippen LogP contribution in [0.4, 0.5) is 0 Å². The molecular formula is C119H72. The Morgan fingerprint density at radius 1 is 0.109 bits per heavy atom. The summed E-state index contributed by atoms with van der Waals surface area (Å²) in [5.41, 5.74) is 43.3. The molecule has 0 saturated carbocycles. The molecule has 3 spiro atoms. The average molecular weight is 1500 g/mol. The summed E-state index contributed by atoms with van der Waals surface area (Å²) in [6, 6.07) is 165. The Morgan fingerprint density at radius 3 is 0.613 bits per heavy atom. The summed E-state index contributed by atoms with van der Waals surface area (Å²) in [5, 5.41) is 12.6. The van der Waals surface area contributed by atoms with E-state index in [1.807, 2.05) is 0 Å². The van der Waals surface area contributed by atoms with Crippen molar-refractivity contribution in [3.05, 3.63) is 504 Å². The Balaban J connectivity index is 0.000000148. The highest BCUT2D eigenvalue weighted by molar-refractivity contribution is 6.23. The monoisotopic (exact) mass is 1500 g/mol. The van der Waals surface area contributed by atoms with Crippen LogP contribution in [0.3, 0.4) is 0 Å². The first-order valence-corrected chi connectivity index (χ1v) is 41.8. The van der Waals surface area contributed by atoms with Crippen LogP contribution in [0, 0.1) is 0 Å². The van der Waals surface area contributed by atoms with Gasteiger partial charge in [0, 0.05) is 0 Å². The Hall–Kier alpha value is -15.1. The van der Waals surface area contributed by atoms with Crippen LogP contribution < -0.4 is 0 Å². The van der Waals surface area contributed by atoms with Crippen molar-refractivity contribution < 1.29 is 0 Å². The van der Waals surface area contributed by atoms with Gasteiger partial charge in [-0.15, -0.1) is 0 Å². The minimum atomic E-state index is -0.529. The first-order valence-electron chi connectivity index (χ1n) is 41.8. The molecule has 6 aliphatic carbocycles. The van der Waals surface area contributed by atoms with Gasteiger partial charge in [-0.2, -0.15) is 0 Å². The number of hydrogen-bond donors (Lipinski definition) is 0. The molecule has 0 bridgehead atoms. The van der Waals surface area contributed by atoms with E-state index in [0.29, 0.717) is 0 Å². The van der Waals surface area contributed by atoms with E-state index >= 15 is 0 Å². The predicted octanol–water partition coefficient (Wildman–Crippen LogP) is 30.5. The molecule has 0 amide bonds. The molecule has 0 radical (unpaired) electrons. The van der Waals surface area contributed by atoms with Crippen molar-refractivity contribution in [2.75, 3.05) is 0 Å². The smallest absolute Gasteiger partial charge is 0.0619 e. The van der Waals surface area contributed by atoms with Crippen LogP contribution in [0.1, 0.15) is 66.8 Å². The fourth-order valence-electron chi connectivity index (χ4n) is 23.1. The predicted molar refractivity (Wildman–Crippen MR) is 496 cm³/mol. The van der Waals surface area contributed by atoms with Gasteiger partial charge in [0.25, 0.3) is 0 Å². The molecule has 6 aliphatic rings. The molecule has 0 aliphatic heterocycles. The maximum absolute atomic E-state index is 2.56. The van der Waals surface area contributed by atoms with E-state index in [4.69, 9.17) is 0 Å². The van der Waals surface area contributed by atoms with E-state index in [2.05, 4.69) is 437 Å². The van der Waals surface area contributed by atoms with Crippen molar-refractivity contribution in [3.8, 4) is 122 Å². The summed E-state index contributed by atoms with van der Waals surface area (Å²) in [6.07, 6.45) is 0. The quantitative estimate of drug-likeness (QED) is 0.151. The summed E-state index contributed by atoms with van der Waals surface area (Å²) in [4.78, 5) is 0.